The van der Waals surface area contributed by atoms with Crippen LogP contribution in [0.4, 0.5) is 4.39 Å². The third kappa shape index (κ3) is 4.12. The Morgan fingerprint density at radius 2 is 1.94 bits per heavy atom. The molecular formula is C26H25FN6O2. The SMILES string of the molecule is O=C(c1c(-c2ccccc2)nn2c1COCC2)N1CCC[C@H]1Cn1ccc(-c2ccc(F)cn2)n1. The molecule has 1 atom stereocenters. The normalized spacial score (nSPS) is 17.5. The number of carbonyl (C=O) groups excluding carboxylic acids is 1. The summed E-state index contributed by atoms with van der Waals surface area (Å²) < 4.78 is 22.7. The molecule has 0 radical (unpaired) electrons. The van der Waals surface area contributed by atoms with E-state index in [0.29, 0.717) is 55.5 Å². The van der Waals surface area contributed by atoms with Gasteiger partial charge in [0, 0.05) is 18.3 Å². The standard InChI is InChI=1S/C26H25FN6O2/c27-19-8-9-21(28-15-19)22-10-12-31(29-22)16-20-7-4-11-32(20)26(34)24-23-17-35-14-13-33(23)30-25(24)18-5-2-1-3-6-18/h1-3,5-6,8-10,12,15,20H,4,7,11,13-14,16-17H2/t20-/m0/s1. The van der Waals surface area contributed by atoms with Crippen molar-refractivity contribution in [1.29, 1.82) is 0 Å². The molecule has 8 nitrogen and oxygen atoms in total. The van der Waals surface area contributed by atoms with Crippen LogP contribution in [0.3, 0.4) is 0 Å². The Bertz CT molecular complexity index is 1350. The Balaban J connectivity index is 1.28. The molecule has 178 valence electrons. The van der Waals surface area contributed by atoms with Gasteiger partial charge in [0.1, 0.15) is 17.2 Å². The fourth-order valence-electron chi connectivity index (χ4n) is 4.95. The van der Waals surface area contributed by atoms with Gasteiger partial charge in [-0.15, -0.1) is 0 Å². The molecule has 5 heterocycles. The number of aromatic nitrogens is 5. The predicted molar refractivity (Wildman–Crippen MR) is 127 cm³/mol. The van der Waals surface area contributed by atoms with Crippen LogP contribution in [0.5, 0.6) is 0 Å². The topological polar surface area (TPSA) is 78.1 Å². The molecule has 1 saturated heterocycles. The lowest BCUT2D eigenvalue weighted by atomic mass is 10.0. The molecule has 0 bridgehead atoms. The van der Waals surface area contributed by atoms with Crippen LogP contribution in [-0.4, -0.2) is 54.5 Å². The summed E-state index contributed by atoms with van der Waals surface area (Å²) in [5, 5.41) is 9.43. The molecule has 0 aliphatic carbocycles. The van der Waals surface area contributed by atoms with Crippen molar-refractivity contribution in [2.75, 3.05) is 13.2 Å². The van der Waals surface area contributed by atoms with E-state index in [9.17, 15) is 9.18 Å². The summed E-state index contributed by atoms with van der Waals surface area (Å²) >= 11 is 0. The summed E-state index contributed by atoms with van der Waals surface area (Å²) in [6, 6.07) is 14.7. The number of likely N-dealkylation sites (tertiary alicyclic amines) is 1. The molecule has 35 heavy (non-hydrogen) atoms. The van der Waals surface area contributed by atoms with Crippen LogP contribution in [0.2, 0.25) is 0 Å². The van der Waals surface area contributed by atoms with Crippen LogP contribution >= 0.6 is 0 Å². The van der Waals surface area contributed by atoms with Crippen LogP contribution in [0.1, 0.15) is 28.9 Å². The largest absolute Gasteiger partial charge is 0.373 e. The molecule has 6 rings (SSSR count). The number of pyridine rings is 1. The minimum Gasteiger partial charge on any atom is -0.373 e. The molecule has 1 amide bonds. The first kappa shape index (κ1) is 21.7. The van der Waals surface area contributed by atoms with E-state index in [-0.39, 0.29) is 17.8 Å². The Morgan fingerprint density at radius 1 is 1.06 bits per heavy atom. The first-order valence-corrected chi connectivity index (χ1v) is 11.9. The molecule has 3 aromatic heterocycles. The average molecular weight is 473 g/mol. The number of hydrogen-bond donors (Lipinski definition) is 0. The second-order valence-electron chi connectivity index (χ2n) is 8.89. The minimum atomic E-state index is -0.379. The van der Waals surface area contributed by atoms with E-state index in [1.807, 2.05) is 56.9 Å². The van der Waals surface area contributed by atoms with Crippen LogP contribution in [0, 0.1) is 5.82 Å². The van der Waals surface area contributed by atoms with Gasteiger partial charge in [0.2, 0.25) is 0 Å². The van der Waals surface area contributed by atoms with Crippen LogP contribution in [0.15, 0.2) is 60.9 Å². The molecule has 0 spiro atoms. The maximum absolute atomic E-state index is 14.0. The lowest BCUT2D eigenvalue weighted by molar-refractivity contribution is 0.0675. The van der Waals surface area contributed by atoms with E-state index < -0.39 is 0 Å². The highest BCUT2D eigenvalue weighted by Gasteiger charge is 2.35. The number of carbonyl (C=O) groups is 1. The Morgan fingerprint density at radius 3 is 2.77 bits per heavy atom. The van der Waals surface area contributed by atoms with Gasteiger partial charge in [-0.2, -0.15) is 10.2 Å². The van der Waals surface area contributed by atoms with Crippen molar-refractivity contribution in [2.24, 2.45) is 0 Å². The van der Waals surface area contributed by atoms with Crippen molar-refractivity contribution in [3.05, 3.63) is 78.0 Å². The van der Waals surface area contributed by atoms with Gasteiger partial charge < -0.3 is 9.64 Å². The van der Waals surface area contributed by atoms with Crippen molar-refractivity contribution in [1.82, 2.24) is 29.4 Å². The van der Waals surface area contributed by atoms with Crippen molar-refractivity contribution >= 4 is 5.91 Å². The molecule has 9 heteroatoms. The van der Waals surface area contributed by atoms with E-state index >= 15 is 0 Å². The van der Waals surface area contributed by atoms with E-state index in [1.165, 1.54) is 12.3 Å². The number of nitrogens with zero attached hydrogens (tertiary/aromatic N) is 6. The van der Waals surface area contributed by atoms with Crippen molar-refractivity contribution in [3.8, 4) is 22.6 Å². The average Bonchev–Trinajstić information content (AvgIpc) is 3.63. The molecule has 0 unspecified atom stereocenters. The van der Waals surface area contributed by atoms with Gasteiger partial charge in [-0.1, -0.05) is 30.3 Å². The summed E-state index contributed by atoms with van der Waals surface area (Å²) in [6.07, 6.45) is 4.90. The predicted octanol–water partition coefficient (Wildman–Crippen LogP) is 3.78. The zero-order valence-electron chi connectivity index (χ0n) is 19.2. The van der Waals surface area contributed by atoms with E-state index in [4.69, 9.17) is 9.84 Å². The zero-order valence-corrected chi connectivity index (χ0v) is 19.2. The van der Waals surface area contributed by atoms with Crippen molar-refractivity contribution in [2.45, 2.75) is 38.6 Å². The summed E-state index contributed by atoms with van der Waals surface area (Å²) in [5.74, 6) is -0.387. The third-order valence-electron chi connectivity index (χ3n) is 6.67. The van der Waals surface area contributed by atoms with Gasteiger partial charge in [0.05, 0.1) is 55.5 Å². The maximum atomic E-state index is 14.0. The molecule has 4 aromatic rings. The lowest BCUT2D eigenvalue weighted by Gasteiger charge is -2.26. The summed E-state index contributed by atoms with van der Waals surface area (Å²) in [6.45, 7) is 2.88. The highest BCUT2D eigenvalue weighted by Crippen LogP contribution is 2.31. The highest BCUT2D eigenvalue weighted by molar-refractivity contribution is 6.01. The lowest BCUT2D eigenvalue weighted by Crippen LogP contribution is -2.39. The molecule has 0 N–H and O–H groups in total. The van der Waals surface area contributed by atoms with Gasteiger partial charge in [-0.25, -0.2) is 4.39 Å². The molecule has 2 aliphatic heterocycles. The van der Waals surface area contributed by atoms with Gasteiger partial charge in [0.15, 0.2) is 0 Å². The fraction of sp³-hybridized carbons (Fsp3) is 0.308. The quantitative estimate of drug-likeness (QED) is 0.442. The first-order valence-electron chi connectivity index (χ1n) is 11.9. The van der Waals surface area contributed by atoms with Gasteiger partial charge in [-0.05, 0) is 31.0 Å². The Labute approximate surface area is 202 Å². The minimum absolute atomic E-state index is 0.00863. The van der Waals surface area contributed by atoms with Gasteiger partial charge >= 0.3 is 0 Å². The second kappa shape index (κ2) is 9.07. The summed E-state index contributed by atoms with van der Waals surface area (Å²) in [4.78, 5) is 20.0. The molecule has 2 aliphatic rings. The number of ether oxygens (including phenoxy) is 1. The maximum Gasteiger partial charge on any atom is 0.258 e. The van der Waals surface area contributed by atoms with E-state index in [2.05, 4.69) is 10.1 Å². The van der Waals surface area contributed by atoms with E-state index in [1.54, 1.807) is 6.07 Å². The second-order valence-corrected chi connectivity index (χ2v) is 8.89. The molecule has 1 aromatic carbocycles. The van der Waals surface area contributed by atoms with Crippen molar-refractivity contribution < 1.29 is 13.9 Å². The molecular weight excluding hydrogens is 447 g/mol. The summed E-state index contributed by atoms with van der Waals surface area (Å²) in [7, 11) is 0. The number of fused-ring (bicyclic) bond motifs is 1. The Kier molecular flexibility index (Phi) is 5.61. The third-order valence-corrected chi connectivity index (χ3v) is 6.67. The van der Waals surface area contributed by atoms with Crippen LogP contribution in [-0.2, 0) is 24.4 Å². The van der Waals surface area contributed by atoms with E-state index in [0.717, 1.165) is 24.1 Å². The number of halogens is 1. The number of benzene rings is 1. The van der Waals surface area contributed by atoms with Gasteiger partial charge in [0.25, 0.3) is 5.91 Å². The monoisotopic (exact) mass is 472 g/mol. The fourth-order valence-corrected chi connectivity index (χ4v) is 4.95. The number of hydrogen-bond acceptors (Lipinski definition) is 5. The van der Waals surface area contributed by atoms with Crippen LogP contribution in [0.25, 0.3) is 22.6 Å². The highest BCUT2D eigenvalue weighted by atomic mass is 19.1. The number of amides is 1. The molecule has 0 saturated carbocycles. The van der Waals surface area contributed by atoms with Crippen LogP contribution < -0.4 is 0 Å². The molecule has 1 fully saturated rings. The van der Waals surface area contributed by atoms with Gasteiger partial charge in [-0.3, -0.25) is 19.1 Å². The first-order chi connectivity index (χ1) is 17.2. The summed E-state index contributed by atoms with van der Waals surface area (Å²) in [5.41, 5.74) is 4.41. The number of rotatable bonds is 5. The Hall–Kier alpha value is -3.85. The zero-order chi connectivity index (χ0) is 23.8. The smallest absolute Gasteiger partial charge is 0.258 e. The van der Waals surface area contributed by atoms with Crippen molar-refractivity contribution in [3.63, 3.8) is 0 Å².